The zero-order valence-electron chi connectivity index (χ0n) is 32.1. The number of ether oxygens (including phenoxy) is 2. The number of carbonyl (C=O) groups excluding carboxylic acids is 2. The van der Waals surface area contributed by atoms with Gasteiger partial charge < -0.3 is 35.2 Å². The molecule has 2 fully saturated rings. The van der Waals surface area contributed by atoms with E-state index in [0.717, 1.165) is 38.9 Å². The van der Waals surface area contributed by atoms with Gasteiger partial charge in [0.2, 0.25) is 0 Å². The molecule has 2 amide bonds. The molecule has 2 saturated heterocycles. The van der Waals surface area contributed by atoms with Gasteiger partial charge in [-0.25, -0.2) is 4.79 Å². The molecular formula is C47H50ClN3O6. The summed E-state index contributed by atoms with van der Waals surface area (Å²) in [6, 6.07) is 42.1. The number of likely N-dealkylation sites (tertiary alicyclic amines) is 1. The summed E-state index contributed by atoms with van der Waals surface area (Å²) in [5.41, 5.74) is 5.55. The first-order chi connectivity index (χ1) is 27.7. The standard InChI is InChI=1S/C47H50ClN3O6/c1-32(53)41(28-33-8-4-2-5-9-33)50-46(54)49-29-34-12-18-38(19-13-34)45-56-42(30-51-26-24-47(55,25-27-51)39-20-22-40(48)23-21-39)43(36-10-6-3-7-11-36)44(57-45)37-16-14-35(31-52)15-17-37/h2-23,41-45,52,55H,24-31H2,1H3,(H2,49,50,54). The molecule has 4 N–H and O–H groups in total. The highest BCUT2D eigenvalue weighted by Gasteiger charge is 2.44. The minimum atomic E-state index is -0.926. The van der Waals surface area contributed by atoms with E-state index in [0.29, 0.717) is 43.9 Å². The molecule has 0 spiro atoms. The number of hydrogen-bond acceptors (Lipinski definition) is 7. The number of benzene rings is 5. The van der Waals surface area contributed by atoms with Crippen molar-refractivity contribution < 1.29 is 29.3 Å². The van der Waals surface area contributed by atoms with E-state index in [1.165, 1.54) is 6.92 Å². The molecule has 0 radical (unpaired) electrons. The Balaban J connectivity index is 1.08. The van der Waals surface area contributed by atoms with Gasteiger partial charge in [-0.2, -0.15) is 0 Å². The third-order valence-electron chi connectivity index (χ3n) is 11.3. The van der Waals surface area contributed by atoms with Crippen molar-refractivity contribution in [3.05, 3.63) is 177 Å². The van der Waals surface area contributed by atoms with Gasteiger partial charge in [0.15, 0.2) is 12.1 Å². The number of amides is 2. The number of Topliss-reactive ketones (excluding diaryl/α,β-unsaturated/α-hetero) is 1. The van der Waals surface area contributed by atoms with E-state index in [9.17, 15) is 19.8 Å². The zero-order chi connectivity index (χ0) is 39.8. The molecule has 0 aromatic heterocycles. The number of aliphatic hydroxyl groups excluding tert-OH is 1. The Labute approximate surface area is 339 Å². The molecular weight excluding hydrogens is 738 g/mol. The SMILES string of the molecule is CC(=O)C(Cc1ccccc1)NC(=O)NCc1ccc(C2OC(CN3CCC(O)(c4ccc(Cl)cc4)CC3)C(c3ccccc3)C(c3ccc(CO)cc3)O2)cc1. The maximum absolute atomic E-state index is 12.9. The fraction of sp³-hybridized carbons (Fsp3) is 0.319. The molecule has 9 nitrogen and oxygen atoms in total. The van der Waals surface area contributed by atoms with Crippen molar-refractivity contribution in [3.8, 4) is 0 Å². The van der Waals surface area contributed by atoms with Crippen LogP contribution in [0.1, 0.15) is 77.0 Å². The maximum atomic E-state index is 12.9. The largest absolute Gasteiger partial charge is 0.392 e. The molecule has 2 aliphatic heterocycles. The summed E-state index contributed by atoms with van der Waals surface area (Å²) in [4.78, 5) is 27.6. The highest BCUT2D eigenvalue weighted by molar-refractivity contribution is 6.30. The van der Waals surface area contributed by atoms with Gasteiger partial charge in [-0.1, -0.05) is 133 Å². The van der Waals surface area contributed by atoms with E-state index in [2.05, 4.69) is 27.7 Å². The third kappa shape index (κ3) is 10.2. The highest BCUT2D eigenvalue weighted by atomic mass is 35.5. The molecule has 5 aromatic carbocycles. The van der Waals surface area contributed by atoms with Gasteiger partial charge in [-0.3, -0.25) is 4.79 Å². The van der Waals surface area contributed by atoms with Crippen LogP contribution in [0.2, 0.25) is 5.02 Å². The number of aliphatic hydroxyl groups is 2. The number of halogens is 1. The van der Waals surface area contributed by atoms with Crippen molar-refractivity contribution in [1.82, 2.24) is 15.5 Å². The van der Waals surface area contributed by atoms with E-state index in [-0.39, 0.29) is 37.1 Å². The van der Waals surface area contributed by atoms with Gasteiger partial charge in [0.1, 0.15) is 0 Å². The lowest BCUT2D eigenvalue weighted by molar-refractivity contribution is -0.264. The topological polar surface area (TPSA) is 120 Å². The van der Waals surface area contributed by atoms with Crippen LogP contribution in [0.3, 0.4) is 0 Å². The molecule has 7 rings (SSSR count). The number of nitrogens with zero attached hydrogens (tertiary/aromatic N) is 1. The lowest BCUT2D eigenvalue weighted by Gasteiger charge is -2.46. The van der Waals surface area contributed by atoms with Gasteiger partial charge in [0.25, 0.3) is 0 Å². The second-order valence-corrected chi connectivity index (χ2v) is 15.6. The zero-order valence-corrected chi connectivity index (χ0v) is 32.9. The van der Waals surface area contributed by atoms with Crippen LogP contribution in [0.15, 0.2) is 133 Å². The summed E-state index contributed by atoms with van der Waals surface area (Å²) in [5.74, 6) is -0.261. The summed E-state index contributed by atoms with van der Waals surface area (Å²) in [6.45, 7) is 3.72. The minimum Gasteiger partial charge on any atom is -0.392 e. The quantitative estimate of drug-likeness (QED) is 0.0964. The van der Waals surface area contributed by atoms with Crippen LogP contribution >= 0.6 is 11.6 Å². The van der Waals surface area contributed by atoms with Gasteiger partial charge in [-0.05, 0) is 71.7 Å². The Kier molecular flexibility index (Phi) is 13.2. The maximum Gasteiger partial charge on any atom is 0.315 e. The molecule has 10 heteroatoms. The average Bonchev–Trinajstić information content (AvgIpc) is 3.24. The Morgan fingerprint density at radius 1 is 0.772 bits per heavy atom. The van der Waals surface area contributed by atoms with Crippen LogP contribution in [0.4, 0.5) is 4.79 Å². The van der Waals surface area contributed by atoms with Gasteiger partial charge >= 0.3 is 6.03 Å². The first-order valence-electron chi connectivity index (χ1n) is 19.6. The Morgan fingerprint density at radius 3 is 2.02 bits per heavy atom. The van der Waals surface area contributed by atoms with Crippen LogP contribution < -0.4 is 10.6 Å². The number of hydrogen-bond donors (Lipinski definition) is 4. The third-order valence-corrected chi connectivity index (χ3v) is 11.5. The number of ketones is 1. The fourth-order valence-electron chi connectivity index (χ4n) is 7.90. The predicted octanol–water partition coefficient (Wildman–Crippen LogP) is 7.75. The number of piperidine rings is 1. The molecule has 2 heterocycles. The summed E-state index contributed by atoms with van der Waals surface area (Å²) < 4.78 is 13.9. The smallest absolute Gasteiger partial charge is 0.315 e. The Morgan fingerprint density at radius 2 is 1.39 bits per heavy atom. The van der Waals surface area contributed by atoms with Crippen molar-refractivity contribution in [2.24, 2.45) is 0 Å². The van der Waals surface area contributed by atoms with Gasteiger partial charge in [0, 0.05) is 42.7 Å². The second kappa shape index (κ2) is 18.6. The molecule has 296 valence electrons. The van der Waals surface area contributed by atoms with E-state index >= 15 is 0 Å². The van der Waals surface area contributed by atoms with Crippen LogP contribution in [-0.2, 0) is 39.4 Å². The van der Waals surface area contributed by atoms with Crippen LogP contribution in [0, 0.1) is 0 Å². The molecule has 0 saturated carbocycles. The van der Waals surface area contributed by atoms with Crippen LogP contribution in [0.5, 0.6) is 0 Å². The summed E-state index contributed by atoms with van der Waals surface area (Å²) in [7, 11) is 0. The van der Waals surface area contributed by atoms with Crippen molar-refractivity contribution >= 4 is 23.4 Å². The predicted molar refractivity (Wildman–Crippen MR) is 220 cm³/mol. The number of urea groups is 1. The first kappa shape index (κ1) is 40.3. The number of carbonyl (C=O) groups is 2. The molecule has 5 atom stereocenters. The van der Waals surface area contributed by atoms with Crippen molar-refractivity contribution in [2.75, 3.05) is 19.6 Å². The van der Waals surface area contributed by atoms with Gasteiger partial charge in [-0.15, -0.1) is 0 Å². The lowest BCUT2D eigenvalue weighted by Crippen LogP contribution is -2.49. The minimum absolute atomic E-state index is 0.0481. The normalized spacial score (nSPS) is 21.3. The lowest BCUT2D eigenvalue weighted by atomic mass is 9.81. The second-order valence-electron chi connectivity index (χ2n) is 15.2. The van der Waals surface area contributed by atoms with E-state index in [1.807, 2.05) is 121 Å². The van der Waals surface area contributed by atoms with E-state index < -0.39 is 24.0 Å². The summed E-state index contributed by atoms with van der Waals surface area (Å²) >= 11 is 6.14. The monoisotopic (exact) mass is 787 g/mol. The Hall–Kier alpha value is -4.87. The van der Waals surface area contributed by atoms with Crippen molar-refractivity contribution in [2.45, 2.75) is 75.4 Å². The molecule has 5 aromatic rings. The average molecular weight is 788 g/mol. The molecule has 0 aliphatic carbocycles. The van der Waals surface area contributed by atoms with E-state index in [4.69, 9.17) is 21.1 Å². The first-order valence-corrected chi connectivity index (χ1v) is 20.0. The summed E-state index contributed by atoms with van der Waals surface area (Å²) in [5, 5.41) is 27.8. The highest BCUT2D eigenvalue weighted by Crippen LogP contribution is 2.47. The number of nitrogens with one attached hydrogen (secondary N) is 2. The molecule has 0 bridgehead atoms. The van der Waals surface area contributed by atoms with Gasteiger partial charge in [0.05, 0.1) is 30.5 Å². The molecule has 2 aliphatic rings. The molecule has 57 heavy (non-hydrogen) atoms. The van der Waals surface area contributed by atoms with Crippen molar-refractivity contribution in [1.29, 1.82) is 0 Å². The van der Waals surface area contributed by atoms with Crippen LogP contribution in [-0.4, -0.2) is 58.7 Å². The van der Waals surface area contributed by atoms with Crippen LogP contribution in [0.25, 0.3) is 0 Å². The summed E-state index contributed by atoms with van der Waals surface area (Å²) in [6.07, 6.45) is 0.258. The van der Waals surface area contributed by atoms with Crippen molar-refractivity contribution in [3.63, 3.8) is 0 Å². The fourth-order valence-corrected chi connectivity index (χ4v) is 8.03. The number of rotatable bonds is 13. The molecule has 5 unspecified atom stereocenters. The van der Waals surface area contributed by atoms with E-state index in [1.54, 1.807) is 0 Å². The Bertz CT molecular complexity index is 2060.